The number of aliphatic carboxylic acids is 1. The number of nitrogens with zero attached hydrogens (tertiary/aromatic N) is 1. The van der Waals surface area contributed by atoms with E-state index in [1.54, 1.807) is 11.8 Å². The Balaban J connectivity index is 2.32. The van der Waals surface area contributed by atoms with E-state index in [9.17, 15) is 9.59 Å². The largest absolute Gasteiger partial charge is 0.480 e. The van der Waals surface area contributed by atoms with Crippen LogP contribution in [0.3, 0.4) is 0 Å². The molecule has 1 atom stereocenters. The number of hydrogen-bond acceptors (Lipinski definition) is 3. The maximum absolute atomic E-state index is 11.7. The second-order valence-corrected chi connectivity index (χ2v) is 4.97. The lowest BCUT2D eigenvalue weighted by molar-refractivity contribution is -0.143. The maximum Gasteiger partial charge on any atom is 0.320 e. The number of carboxylic acids is 1. The highest BCUT2D eigenvalue weighted by atomic mass is 16.4. The normalized spacial score (nSPS) is 16.6. The van der Waals surface area contributed by atoms with Crippen molar-refractivity contribution in [3.05, 3.63) is 0 Å². The molecule has 18 heavy (non-hydrogen) atoms. The molecule has 0 aromatic rings. The number of amides is 1. The van der Waals surface area contributed by atoms with Gasteiger partial charge in [-0.1, -0.05) is 19.8 Å². The molecule has 0 bridgehead atoms. The molecule has 0 heterocycles. The van der Waals surface area contributed by atoms with Crippen LogP contribution in [0, 0.1) is 0 Å². The van der Waals surface area contributed by atoms with Gasteiger partial charge in [-0.3, -0.25) is 14.5 Å². The first kappa shape index (κ1) is 15.0. The van der Waals surface area contributed by atoms with E-state index in [4.69, 9.17) is 5.11 Å². The number of unbranched alkanes of at least 4 members (excludes halogenated alkanes) is 2. The molecule has 2 N–H and O–H groups in total. The van der Waals surface area contributed by atoms with Crippen LogP contribution in [0.15, 0.2) is 0 Å². The molecule has 5 heteroatoms. The highest BCUT2D eigenvalue weighted by molar-refractivity contribution is 5.79. The molecule has 1 amide bonds. The molecule has 1 unspecified atom stereocenters. The van der Waals surface area contributed by atoms with E-state index in [1.807, 2.05) is 0 Å². The lowest BCUT2D eigenvalue weighted by atomic mass is 10.2. The molecule has 1 aliphatic rings. The third-order valence-electron chi connectivity index (χ3n) is 3.30. The van der Waals surface area contributed by atoms with Crippen LogP contribution in [-0.4, -0.2) is 47.1 Å². The molecule has 0 aliphatic heterocycles. The number of carbonyl (C=O) groups is 2. The molecule has 0 aromatic carbocycles. The van der Waals surface area contributed by atoms with E-state index in [0.717, 1.165) is 32.1 Å². The lowest BCUT2D eigenvalue weighted by Crippen LogP contribution is -2.46. The highest BCUT2D eigenvalue weighted by Crippen LogP contribution is 2.28. The molecular weight excluding hydrogens is 232 g/mol. The Morgan fingerprint density at radius 2 is 2.06 bits per heavy atom. The number of rotatable bonds is 9. The van der Waals surface area contributed by atoms with Crippen molar-refractivity contribution in [3.8, 4) is 0 Å². The third-order valence-corrected chi connectivity index (χ3v) is 3.30. The van der Waals surface area contributed by atoms with E-state index in [1.165, 1.54) is 0 Å². The van der Waals surface area contributed by atoms with Crippen molar-refractivity contribution >= 4 is 11.9 Å². The Morgan fingerprint density at radius 1 is 1.39 bits per heavy atom. The van der Waals surface area contributed by atoms with Gasteiger partial charge in [-0.15, -0.1) is 0 Å². The zero-order valence-corrected chi connectivity index (χ0v) is 11.3. The van der Waals surface area contributed by atoms with Gasteiger partial charge in [0.15, 0.2) is 0 Å². The monoisotopic (exact) mass is 256 g/mol. The van der Waals surface area contributed by atoms with Gasteiger partial charge in [0, 0.05) is 12.6 Å². The van der Waals surface area contributed by atoms with Crippen molar-refractivity contribution in [2.45, 2.75) is 58.0 Å². The average molecular weight is 256 g/mol. The van der Waals surface area contributed by atoms with Gasteiger partial charge in [-0.05, 0) is 26.2 Å². The van der Waals surface area contributed by atoms with Gasteiger partial charge in [0.05, 0.1) is 6.54 Å². The first-order valence-corrected chi connectivity index (χ1v) is 6.81. The molecule has 0 aromatic heterocycles. The molecule has 1 aliphatic carbocycles. The highest BCUT2D eigenvalue weighted by Gasteiger charge is 2.35. The van der Waals surface area contributed by atoms with Crippen LogP contribution < -0.4 is 5.32 Å². The van der Waals surface area contributed by atoms with Crippen molar-refractivity contribution in [3.63, 3.8) is 0 Å². The first-order chi connectivity index (χ1) is 8.56. The third kappa shape index (κ3) is 5.04. The standard InChI is InChI=1S/C13H24N2O3/c1-3-4-5-8-14-12(16)9-15(11-6-7-11)10(2)13(17)18/h10-11H,3-9H2,1-2H3,(H,14,16)(H,17,18). The number of hydrogen-bond donors (Lipinski definition) is 2. The van der Waals surface area contributed by atoms with Gasteiger partial charge in [-0.25, -0.2) is 0 Å². The number of nitrogens with one attached hydrogen (secondary N) is 1. The molecule has 5 nitrogen and oxygen atoms in total. The lowest BCUT2D eigenvalue weighted by Gasteiger charge is -2.25. The quantitative estimate of drug-likeness (QED) is 0.609. The fourth-order valence-corrected chi connectivity index (χ4v) is 1.95. The van der Waals surface area contributed by atoms with Crippen LogP contribution in [0.4, 0.5) is 0 Å². The second kappa shape index (κ2) is 7.36. The van der Waals surface area contributed by atoms with Crippen LogP contribution >= 0.6 is 0 Å². The molecule has 0 radical (unpaired) electrons. The molecule has 1 saturated carbocycles. The van der Waals surface area contributed by atoms with Gasteiger partial charge < -0.3 is 10.4 Å². The summed E-state index contributed by atoms with van der Waals surface area (Å²) in [5.41, 5.74) is 0. The van der Waals surface area contributed by atoms with Crippen molar-refractivity contribution in [2.24, 2.45) is 0 Å². The van der Waals surface area contributed by atoms with Crippen molar-refractivity contribution in [1.29, 1.82) is 0 Å². The van der Waals surface area contributed by atoms with Gasteiger partial charge in [0.25, 0.3) is 0 Å². The zero-order chi connectivity index (χ0) is 13.5. The average Bonchev–Trinajstić information content (AvgIpc) is 3.15. The summed E-state index contributed by atoms with van der Waals surface area (Å²) in [6.45, 7) is 4.65. The molecule has 1 fully saturated rings. The fraction of sp³-hybridized carbons (Fsp3) is 0.846. The minimum atomic E-state index is -0.860. The fourth-order valence-electron chi connectivity index (χ4n) is 1.95. The van der Waals surface area contributed by atoms with Crippen LogP contribution in [0.25, 0.3) is 0 Å². The summed E-state index contributed by atoms with van der Waals surface area (Å²) in [5, 5.41) is 11.9. The summed E-state index contributed by atoms with van der Waals surface area (Å²) >= 11 is 0. The molecular formula is C13H24N2O3. The van der Waals surface area contributed by atoms with E-state index < -0.39 is 12.0 Å². The summed E-state index contributed by atoms with van der Waals surface area (Å²) < 4.78 is 0. The predicted molar refractivity (Wildman–Crippen MR) is 69.4 cm³/mol. The summed E-state index contributed by atoms with van der Waals surface area (Å²) in [5.74, 6) is -0.924. The molecule has 104 valence electrons. The zero-order valence-electron chi connectivity index (χ0n) is 11.3. The Labute approximate surface area is 109 Å². The number of carbonyl (C=O) groups excluding carboxylic acids is 1. The van der Waals surface area contributed by atoms with E-state index in [2.05, 4.69) is 12.2 Å². The summed E-state index contributed by atoms with van der Waals surface area (Å²) in [7, 11) is 0. The van der Waals surface area contributed by atoms with Gasteiger partial charge in [0.1, 0.15) is 6.04 Å². The van der Waals surface area contributed by atoms with Gasteiger partial charge in [0.2, 0.25) is 5.91 Å². The van der Waals surface area contributed by atoms with Crippen LogP contribution in [0.1, 0.15) is 46.0 Å². The smallest absolute Gasteiger partial charge is 0.320 e. The summed E-state index contributed by atoms with van der Waals surface area (Å²) in [6.07, 6.45) is 5.22. The Bertz CT molecular complexity index is 290. The van der Waals surface area contributed by atoms with E-state index in [-0.39, 0.29) is 18.5 Å². The number of carboxylic acid groups (broad SMARTS) is 1. The SMILES string of the molecule is CCCCCNC(=O)CN(C1CC1)C(C)C(=O)O. The van der Waals surface area contributed by atoms with Crippen LogP contribution in [0.5, 0.6) is 0 Å². The summed E-state index contributed by atoms with van der Waals surface area (Å²) in [4.78, 5) is 24.5. The topological polar surface area (TPSA) is 69.6 Å². The van der Waals surface area contributed by atoms with Crippen molar-refractivity contribution in [1.82, 2.24) is 10.2 Å². The molecule has 0 saturated heterocycles. The molecule has 0 spiro atoms. The Hall–Kier alpha value is -1.10. The second-order valence-electron chi connectivity index (χ2n) is 4.97. The Morgan fingerprint density at radius 3 is 2.56 bits per heavy atom. The first-order valence-electron chi connectivity index (χ1n) is 6.81. The van der Waals surface area contributed by atoms with Gasteiger partial charge >= 0.3 is 5.97 Å². The Kier molecular flexibility index (Phi) is 6.12. The van der Waals surface area contributed by atoms with Crippen molar-refractivity contribution in [2.75, 3.05) is 13.1 Å². The molecule has 1 rings (SSSR count). The van der Waals surface area contributed by atoms with Crippen LogP contribution in [0.2, 0.25) is 0 Å². The van der Waals surface area contributed by atoms with E-state index >= 15 is 0 Å². The summed E-state index contributed by atoms with van der Waals surface area (Å²) in [6, 6.07) is -0.309. The van der Waals surface area contributed by atoms with Crippen LogP contribution in [-0.2, 0) is 9.59 Å². The minimum absolute atomic E-state index is 0.0638. The minimum Gasteiger partial charge on any atom is -0.480 e. The predicted octanol–water partition coefficient (Wildman–Crippen LogP) is 1.23. The van der Waals surface area contributed by atoms with E-state index in [0.29, 0.717) is 6.54 Å². The van der Waals surface area contributed by atoms with Gasteiger partial charge in [-0.2, -0.15) is 0 Å². The van der Waals surface area contributed by atoms with Crippen molar-refractivity contribution < 1.29 is 14.7 Å². The maximum atomic E-state index is 11.7.